The van der Waals surface area contributed by atoms with E-state index in [0.29, 0.717) is 11.5 Å². The summed E-state index contributed by atoms with van der Waals surface area (Å²) in [4.78, 5) is 15.7. The summed E-state index contributed by atoms with van der Waals surface area (Å²) in [5.74, 6) is 1.34. The Morgan fingerprint density at radius 2 is 1.76 bits per heavy atom. The van der Waals surface area contributed by atoms with Gasteiger partial charge in [-0.3, -0.25) is 4.94 Å². The van der Waals surface area contributed by atoms with Crippen molar-refractivity contribution in [3.8, 4) is 28.5 Å². The van der Waals surface area contributed by atoms with E-state index in [0.717, 1.165) is 33.1 Å². The molecule has 1 N–H and O–H groups in total. The zero-order valence-corrected chi connectivity index (χ0v) is 13.5. The fraction of sp³-hybridized carbons (Fsp3) is 0.111. The SMILES string of the molecule is COc1cc2ncnc(-c3c[nH]c4cc(OF)ccc34)c2cc1OC. The van der Waals surface area contributed by atoms with Crippen molar-refractivity contribution in [1.29, 1.82) is 0 Å². The maximum absolute atomic E-state index is 12.4. The zero-order chi connectivity index (χ0) is 17.4. The van der Waals surface area contributed by atoms with E-state index >= 15 is 0 Å². The van der Waals surface area contributed by atoms with E-state index in [1.54, 1.807) is 32.4 Å². The van der Waals surface area contributed by atoms with Crippen LogP contribution in [0.4, 0.5) is 4.53 Å². The predicted molar refractivity (Wildman–Crippen MR) is 91.7 cm³/mol. The highest BCUT2D eigenvalue weighted by atomic mass is 19.3. The van der Waals surface area contributed by atoms with Gasteiger partial charge in [-0.1, -0.05) is 0 Å². The van der Waals surface area contributed by atoms with Crippen molar-refractivity contribution in [3.05, 3.63) is 42.9 Å². The summed E-state index contributed by atoms with van der Waals surface area (Å²) in [6.07, 6.45) is 3.33. The highest BCUT2D eigenvalue weighted by Crippen LogP contribution is 2.37. The van der Waals surface area contributed by atoms with Crippen LogP contribution in [0.5, 0.6) is 17.2 Å². The third-order valence-corrected chi connectivity index (χ3v) is 4.14. The Morgan fingerprint density at radius 1 is 0.960 bits per heavy atom. The summed E-state index contributed by atoms with van der Waals surface area (Å²) in [5.41, 5.74) is 3.10. The maximum atomic E-state index is 12.4. The highest BCUT2D eigenvalue weighted by molar-refractivity contribution is 6.03. The van der Waals surface area contributed by atoms with Crippen LogP contribution in [-0.4, -0.2) is 29.2 Å². The third-order valence-electron chi connectivity index (χ3n) is 4.14. The molecule has 2 heterocycles. The molecule has 0 saturated heterocycles. The Morgan fingerprint density at radius 3 is 2.52 bits per heavy atom. The molecule has 0 atom stereocenters. The molecule has 2 aromatic heterocycles. The number of H-pyrrole nitrogens is 1. The van der Waals surface area contributed by atoms with Crippen molar-refractivity contribution < 1.29 is 18.9 Å². The van der Waals surface area contributed by atoms with Crippen LogP contribution in [0.2, 0.25) is 0 Å². The predicted octanol–water partition coefficient (Wildman–Crippen LogP) is 4.06. The van der Waals surface area contributed by atoms with Crippen LogP contribution < -0.4 is 14.4 Å². The first-order valence-corrected chi connectivity index (χ1v) is 7.52. The molecular formula is C18H14FN3O3. The summed E-state index contributed by atoms with van der Waals surface area (Å²) in [6.45, 7) is 0. The largest absolute Gasteiger partial charge is 0.493 e. The minimum Gasteiger partial charge on any atom is -0.493 e. The van der Waals surface area contributed by atoms with Crippen LogP contribution in [0.25, 0.3) is 33.1 Å². The normalized spacial score (nSPS) is 11.0. The first-order chi connectivity index (χ1) is 12.2. The van der Waals surface area contributed by atoms with Crippen molar-refractivity contribution in [1.82, 2.24) is 15.0 Å². The molecule has 0 bridgehead atoms. The van der Waals surface area contributed by atoms with Crippen molar-refractivity contribution >= 4 is 21.8 Å². The molecule has 25 heavy (non-hydrogen) atoms. The quantitative estimate of drug-likeness (QED) is 0.607. The lowest BCUT2D eigenvalue weighted by molar-refractivity contribution is -0.00604. The molecule has 4 aromatic rings. The van der Waals surface area contributed by atoms with Crippen LogP contribution in [0.3, 0.4) is 0 Å². The number of aromatic nitrogens is 3. The van der Waals surface area contributed by atoms with Crippen LogP contribution in [0.15, 0.2) is 42.9 Å². The molecule has 126 valence electrons. The van der Waals surface area contributed by atoms with Gasteiger partial charge < -0.3 is 14.5 Å². The first-order valence-electron chi connectivity index (χ1n) is 7.52. The average molecular weight is 339 g/mol. The average Bonchev–Trinajstić information content (AvgIpc) is 3.09. The van der Waals surface area contributed by atoms with Gasteiger partial charge in [0.2, 0.25) is 0 Å². The van der Waals surface area contributed by atoms with E-state index in [4.69, 9.17) is 9.47 Å². The van der Waals surface area contributed by atoms with Gasteiger partial charge >= 0.3 is 0 Å². The van der Waals surface area contributed by atoms with Gasteiger partial charge in [0.05, 0.1) is 25.4 Å². The highest BCUT2D eigenvalue weighted by Gasteiger charge is 2.15. The van der Waals surface area contributed by atoms with Crippen molar-refractivity contribution in [2.75, 3.05) is 14.2 Å². The van der Waals surface area contributed by atoms with Crippen LogP contribution in [0, 0.1) is 0 Å². The number of ether oxygens (including phenoxy) is 2. The molecule has 0 aliphatic heterocycles. The molecule has 0 amide bonds. The van der Waals surface area contributed by atoms with Crippen LogP contribution in [0.1, 0.15) is 0 Å². The van der Waals surface area contributed by atoms with E-state index < -0.39 is 0 Å². The Kier molecular flexibility index (Phi) is 3.61. The third kappa shape index (κ3) is 2.40. The standard InChI is InChI=1S/C18H14FN3O3/c1-23-16-6-12-15(7-17(16)24-2)21-9-22-18(12)13-8-20-14-5-10(25-19)3-4-11(13)14/h3-9,20H,1-2H3. The number of hydrogen-bond donors (Lipinski definition) is 1. The Labute approximate surface area is 142 Å². The lowest BCUT2D eigenvalue weighted by Crippen LogP contribution is -1.94. The number of nitrogens with one attached hydrogen (secondary N) is 1. The van der Waals surface area contributed by atoms with Crippen LogP contribution in [-0.2, 0) is 0 Å². The molecule has 0 unspecified atom stereocenters. The second kappa shape index (κ2) is 5.94. The maximum Gasteiger partial charge on any atom is 0.174 e. The lowest BCUT2D eigenvalue weighted by Gasteiger charge is -2.10. The summed E-state index contributed by atoms with van der Waals surface area (Å²) in [7, 11) is 3.16. The van der Waals surface area contributed by atoms with Crippen molar-refractivity contribution in [2.45, 2.75) is 0 Å². The molecular weight excluding hydrogens is 325 g/mol. The molecule has 0 aliphatic rings. The van der Waals surface area contributed by atoms with E-state index in [1.165, 1.54) is 6.33 Å². The molecule has 7 heteroatoms. The monoisotopic (exact) mass is 339 g/mol. The summed E-state index contributed by atoms with van der Waals surface area (Å²) in [6, 6.07) is 8.59. The minimum absolute atomic E-state index is 0.139. The molecule has 0 spiro atoms. The second-order valence-corrected chi connectivity index (χ2v) is 5.43. The molecule has 6 nitrogen and oxygen atoms in total. The molecule has 0 saturated carbocycles. The van der Waals surface area contributed by atoms with Gasteiger partial charge in [-0.05, 0) is 18.2 Å². The van der Waals surface area contributed by atoms with Crippen LogP contribution >= 0.6 is 0 Å². The van der Waals surface area contributed by atoms with E-state index in [1.807, 2.05) is 18.3 Å². The number of aromatic amines is 1. The number of methoxy groups -OCH3 is 2. The van der Waals surface area contributed by atoms with Gasteiger partial charge in [0.15, 0.2) is 17.2 Å². The van der Waals surface area contributed by atoms with E-state index in [2.05, 4.69) is 19.9 Å². The number of hydrogen-bond acceptors (Lipinski definition) is 5. The number of rotatable bonds is 4. The lowest BCUT2D eigenvalue weighted by atomic mass is 10.0. The summed E-state index contributed by atoms with van der Waals surface area (Å²) >= 11 is 0. The Bertz CT molecular complexity index is 1080. The number of fused-ring (bicyclic) bond motifs is 2. The van der Waals surface area contributed by atoms with Gasteiger partial charge in [0, 0.05) is 44.7 Å². The fourth-order valence-corrected chi connectivity index (χ4v) is 2.95. The topological polar surface area (TPSA) is 69.3 Å². The molecule has 0 fully saturated rings. The van der Waals surface area contributed by atoms with Gasteiger partial charge in [0.25, 0.3) is 0 Å². The van der Waals surface area contributed by atoms with Gasteiger partial charge in [-0.2, -0.15) is 0 Å². The Balaban J connectivity index is 1.98. The molecule has 0 radical (unpaired) electrons. The van der Waals surface area contributed by atoms with Gasteiger partial charge in [0.1, 0.15) is 6.33 Å². The summed E-state index contributed by atoms with van der Waals surface area (Å²) < 4.78 is 23.1. The molecule has 4 rings (SSSR count). The first kappa shape index (κ1) is 15.2. The van der Waals surface area contributed by atoms with Crippen molar-refractivity contribution in [3.63, 3.8) is 0 Å². The van der Waals surface area contributed by atoms with Crippen molar-refractivity contribution in [2.24, 2.45) is 0 Å². The smallest absolute Gasteiger partial charge is 0.174 e. The minimum atomic E-state index is 0.139. The van der Waals surface area contributed by atoms with E-state index in [9.17, 15) is 4.53 Å². The number of benzene rings is 2. The Hall–Kier alpha value is -3.35. The zero-order valence-electron chi connectivity index (χ0n) is 13.5. The number of nitrogens with zero attached hydrogens (tertiary/aromatic N) is 2. The van der Waals surface area contributed by atoms with E-state index in [-0.39, 0.29) is 5.75 Å². The molecule has 2 aromatic carbocycles. The second-order valence-electron chi connectivity index (χ2n) is 5.43. The number of halogens is 1. The fourth-order valence-electron chi connectivity index (χ4n) is 2.95. The van der Waals surface area contributed by atoms with Gasteiger partial charge in [-0.15, -0.1) is 0 Å². The summed E-state index contributed by atoms with van der Waals surface area (Å²) in [5, 5.41) is 1.72. The van der Waals surface area contributed by atoms with Gasteiger partial charge in [-0.25, -0.2) is 9.97 Å². The molecule has 0 aliphatic carbocycles.